The summed E-state index contributed by atoms with van der Waals surface area (Å²) in [7, 11) is 0. The summed E-state index contributed by atoms with van der Waals surface area (Å²) in [5, 5.41) is 2.47. The Labute approximate surface area is 156 Å². The molecule has 26 heavy (non-hydrogen) atoms. The van der Waals surface area contributed by atoms with Crippen molar-refractivity contribution in [3.05, 3.63) is 34.6 Å². The van der Waals surface area contributed by atoms with Gasteiger partial charge < -0.3 is 5.73 Å². The molecule has 0 fully saturated rings. The van der Waals surface area contributed by atoms with Gasteiger partial charge in [0.2, 0.25) is 5.91 Å². The number of imide groups is 1. The van der Waals surface area contributed by atoms with Gasteiger partial charge in [-0.25, -0.2) is 9.78 Å². The Bertz CT molecular complexity index is 850. The van der Waals surface area contributed by atoms with Crippen LogP contribution in [0.5, 0.6) is 0 Å². The molecule has 1 heterocycles. The number of para-hydroxylation sites is 1. The molecule has 0 bridgehead atoms. The van der Waals surface area contributed by atoms with Crippen LogP contribution < -0.4 is 16.6 Å². The van der Waals surface area contributed by atoms with Crippen molar-refractivity contribution < 1.29 is 9.59 Å². The molecule has 2 rings (SSSR count). The summed E-state index contributed by atoms with van der Waals surface area (Å²) in [4.78, 5) is 40.3. The van der Waals surface area contributed by atoms with E-state index < -0.39 is 17.2 Å². The molecule has 8 heteroatoms. The third-order valence-corrected chi connectivity index (χ3v) is 5.05. The summed E-state index contributed by atoms with van der Waals surface area (Å²) >= 11 is 1.15. The standard InChI is InChI=1S/C18H24N4O3S/c1-3-4-5-8-11-22-16(24)13-9-6-7-10-14(13)20-18(22)26-12(2)15(23)21-17(19)25/h6-7,9-10,12H,3-5,8,11H2,1-2H3,(H3,19,21,23,25)/t12-/m1/s1. The molecule has 0 aliphatic rings. The number of primary amides is 1. The van der Waals surface area contributed by atoms with Crippen LogP contribution in [-0.4, -0.2) is 26.7 Å². The normalized spacial score (nSPS) is 12.1. The van der Waals surface area contributed by atoms with Crippen LogP contribution in [0.4, 0.5) is 4.79 Å². The first-order valence-electron chi connectivity index (χ1n) is 8.70. The van der Waals surface area contributed by atoms with Crippen molar-refractivity contribution in [2.45, 2.75) is 56.5 Å². The fraction of sp³-hybridized carbons (Fsp3) is 0.444. The second-order valence-corrected chi connectivity index (χ2v) is 7.35. The van der Waals surface area contributed by atoms with Gasteiger partial charge in [0.15, 0.2) is 5.16 Å². The lowest BCUT2D eigenvalue weighted by atomic mass is 10.2. The first kappa shape index (κ1) is 20.0. The highest BCUT2D eigenvalue weighted by molar-refractivity contribution is 8.00. The molecule has 0 aliphatic heterocycles. The number of hydrogen-bond acceptors (Lipinski definition) is 5. The zero-order chi connectivity index (χ0) is 19.1. The zero-order valence-electron chi connectivity index (χ0n) is 15.0. The van der Waals surface area contributed by atoms with Gasteiger partial charge in [-0.1, -0.05) is 50.1 Å². The predicted molar refractivity (Wildman–Crippen MR) is 103 cm³/mol. The Hall–Kier alpha value is -2.35. The van der Waals surface area contributed by atoms with Gasteiger partial charge in [0.1, 0.15) is 0 Å². The van der Waals surface area contributed by atoms with Crippen LogP contribution in [0.25, 0.3) is 10.9 Å². The minimum atomic E-state index is -0.897. The lowest BCUT2D eigenvalue weighted by Gasteiger charge is -2.15. The first-order valence-corrected chi connectivity index (χ1v) is 9.58. The number of unbranched alkanes of at least 4 members (excludes halogenated alkanes) is 3. The van der Waals surface area contributed by atoms with E-state index in [2.05, 4.69) is 17.2 Å². The number of nitrogens with one attached hydrogen (secondary N) is 1. The number of carbonyl (C=O) groups is 2. The molecular weight excluding hydrogens is 352 g/mol. The minimum Gasteiger partial charge on any atom is -0.351 e. The highest BCUT2D eigenvalue weighted by atomic mass is 32.2. The number of urea groups is 1. The Kier molecular flexibility index (Phi) is 7.20. The quantitative estimate of drug-likeness (QED) is 0.418. The van der Waals surface area contributed by atoms with E-state index in [1.807, 2.05) is 12.1 Å². The average Bonchev–Trinajstić information content (AvgIpc) is 2.60. The van der Waals surface area contributed by atoms with E-state index in [9.17, 15) is 14.4 Å². The maximum absolute atomic E-state index is 12.9. The molecule has 1 atom stereocenters. The van der Waals surface area contributed by atoms with Crippen molar-refractivity contribution >= 4 is 34.6 Å². The monoisotopic (exact) mass is 376 g/mol. The molecule has 0 unspecified atom stereocenters. The summed E-state index contributed by atoms with van der Waals surface area (Å²) in [6, 6.07) is 6.26. The number of nitrogens with two attached hydrogens (primary N) is 1. The van der Waals surface area contributed by atoms with Gasteiger partial charge in [-0.15, -0.1) is 0 Å². The van der Waals surface area contributed by atoms with Crippen molar-refractivity contribution in [3.8, 4) is 0 Å². The molecule has 0 saturated heterocycles. The minimum absolute atomic E-state index is 0.114. The number of carbonyl (C=O) groups excluding carboxylic acids is 2. The number of benzene rings is 1. The maximum atomic E-state index is 12.9. The average molecular weight is 376 g/mol. The lowest BCUT2D eigenvalue weighted by Crippen LogP contribution is -2.39. The van der Waals surface area contributed by atoms with Crippen LogP contribution in [0, 0.1) is 0 Å². The van der Waals surface area contributed by atoms with E-state index >= 15 is 0 Å². The number of rotatable bonds is 8. The maximum Gasteiger partial charge on any atom is 0.318 e. The van der Waals surface area contributed by atoms with Gasteiger partial charge in [-0.2, -0.15) is 0 Å². The zero-order valence-corrected chi connectivity index (χ0v) is 15.8. The van der Waals surface area contributed by atoms with Crippen LogP contribution in [-0.2, 0) is 11.3 Å². The fourth-order valence-corrected chi connectivity index (χ4v) is 3.50. The van der Waals surface area contributed by atoms with E-state index in [-0.39, 0.29) is 5.56 Å². The van der Waals surface area contributed by atoms with Gasteiger partial charge in [0.25, 0.3) is 5.56 Å². The van der Waals surface area contributed by atoms with Crippen LogP contribution in [0.3, 0.4) is 0 Å². The van der Waals surface area contributed by atoms with Crippen LogP contribution >= 0.6 is 11.8 Å². The number of thioether (sulfide) groups is 1. The van der Waals surface area contributed by atoms with Gasteiger partial charge in [-0.05, 0) is 25.5 Å². The predicted octanol–water partition coefficient (Wildman–Crippen LogP) is 2.65. The largest absolute Gasteiger partial charge is 0.351 e. The van der Waals surface area contributed by atoms with Crippen LogP contribution in [0.2, 0.25) is 0 Å². The highest BCUT2D eigenvalue weighted by Crippen LogP contribution is 2.23. The van der Waals surface area contributed by atoms with Crippen molar-refractivity contribution in [1.82, 2.24) is 14.9 Å². The van der Waals surface area contributed by atoms with E-state index in [0.717, 1.165) is 37.4 Å². The molecule has 0 spiro atoms. The molecule has 1 aromatic heterocycles. The second kappa shape index (κ2) is 9.38. The smallest absolute Gasteiger partial charge is 0.318 e. The van der Waals surface area contributed by atoms with Crippen LogP contribution in [0.1, 0.15) is 39.5 Å². The number of hydrogen-bond donors (Lipinski definition) is 2. The fourth-order valence-electron chi connectivity index (χ4n) is 2.57. The van der Waals surface area contributed by atoms with E-state index in [4.69, 9.17) is 5.73 Å². The van der Waals surface area contributed by atoms with Gasteiger partial charge in [0.05, 0.1) is 16.2 Å². The van der Waals surface area contributed by atoms with Gasteiger partial charge in [-0.3, -0.25) is 19.5 Å². The molecule has 0 aliphatic carbocycles. The third-order valence-electron chi connectivity index (χ3n) is 3.96. The molecule has 7 nitrogen and oxygen atoms in total. The van der Waals surface area contributed by atoms with E-state index in [0.29, 0.717) is 22.6 Å². The lowest BCUT2D eigenvalue weighted by molar-refractivity contribution is -0.119. The topological polar surface area (TPSA) is 107 Å². The van der Waals surface area contributed by atoms with Crippen molar-refractivity contribution in [1.29, 1.82) is 0 Å². The Morgan fingerprint density at radius 2 is 2.00 bits per heavy atom. The number of amides is 3. The molecule has 140 valence electrons. The first-order chi connectivity index (χ1) is 12.4. The number of nitrogens with zero attached hydrogens (tertiary/aromatic N) is 2. The van der Waals surface area contributed by atoms with Crippen molar-refractivity contribution in [2.75, 3.05) is 0 Å². The Morgan fingerprint density at radius 1 is 1.27 bits per heavy atom. The molecule has 0 radical (unpaired) electrons. The summed E-state index contributed by atoms with van der Waals surface area (Å²) in [5.41, 5.74) is 5.47. The van der Waals surface area contributed by atoms with Crippen molar-refractivity contribution in [3.63, 3.8) is 0 Å². The summed E-state index contributed by atoms with van der Waals surface area (Å²) in [5.74, 6) is -0.512. The number of aromatic nitrogens is 2. The van der Waals surface area contributed by atoms with E-state index in [1.165, 1.54) is 0 Å². The van der Waals surface area contributed by atoms with E-state index in [1.54, 1.807) is 23.6 Å². The highest BCUT2D eigenvalue weighted by Gasteiger charge is 2.20. The number of fused-ring (bicyclic) bond motifs is 1. The van der Waals surface area contributed by atoms with Gasteiger partial charge in [0, 0.05) is 6.54 Å². The molecule has 0 saturated carbocycles. The Balaban J connectivity index is 2.33. The third kappa shape index (κ3) is 5.08. The molecule has 3 N–H and O–H groups in total. The molecule has 3 amide bonds. The Morgan fingerprint density at radius 3 is 2.69 bits per heavy atom. The van der Waals surface area contributed by atoms with Crippen LogP contribution in [0.15, 0.2) is 34.2 Å². The summed E-state index contributed by atoms with van der Waals surface area (Å²) < 4.78 is 1.62. The molecule has 1 aromatic carbocycles. The SMILES string of the molecule is CCCCCCn1c(S[C@H](C)C(=O)NC(N)=O)nc2ccccc2c1=O. The molecular formula is C18H24N4O3S. The van der Waals surface area contributed by atoms with Crippen molar-refractivity contribution in [2.24, 2.45) is 5.73 Å². The summed E-state index contributed by atoms with van der Waals surface area (Å²) in [6.07, 6.45) is 4.10. The summed E-state index contributed by atoms with van der Waals surface area (Å²) in [6.45, 7) is 4.32. The second-order valence-electron chi connectivity index (χ2n) is 6.04. The van der Waals surface area contributed by atoms with Gasteiger partial charge >= 0.3 is 6.03 Å². The molecule has 2 aromatic rings.